The van der Waals surface area contributed by atoms with Gasteiger partial charge in [0.15, 0.2) is 0 Å². The van der Waals surface area contributed by atoms with Crippen LogP contribution in [0.15, 0.2) is 23.1 Å². The van der Waals surface area contributed by atoms with Gasteiger partial charge in [0.05, 0.1) is 4.90 Å². The van der Waals surface area contributed by atoms with Gasteiger partial charge in [0.2, 0.25) is 10.0 Å². The van der Waals surface area contributed by atoms with E-state index in [1.54, 1.807) is 19.1 Å². The van der Waals surface area contributed by atoms with E-state index in [0.29, 0.717) is 23.4 Å². The van der Waals surface area contributed by atoms with Crippen molar-refractivity contribution in [1.29, 1.82) is 0 Å². The number of nitrogens with one attached hydrogen (secondary N) is 2. The number of halogens is 1. The summed E-state index contributed by atoms with van der Waals surface area (Å²) in [5.74, 6) is 0. The van der Waals surface area contributed by atoms with Gasteiger partial charge in [-0.15, -0.1) is 0 Å². The zero-order valence-electron chi connectivity index (χ0n) is 11.1. The second-order valence-corrected chi connectivity index (χ2v) is 6.79. The van der Waals surface area contributed by atoms with Crippen LogP contribution in [0.25, 0.3) is 0 Å². The number of rotatable bonds is 4. The molecule has 1 saturated heterocycles. The minimum Gasteiger partial charge on any atom is -0.310 e. The molecule has 2 rings (SSSR count). The second-order valence-electron chi connectivity index (χ2n) is 5.06. The molecule has 2 atom stereocenters. The third-order valence-corrected chi connectivity index (χ3v) is 4.89. The molecule has 0 bridgehead atoms. The van der Waals surface area contributed by atoms with Gasteiger partial charge in [-0.1, -0.05) is 12.1 Å². The Balaban J connectivity index is 2.08. The SMILES string of the molecule is Cc1ccc(C)c(S(=O)(=O)NC[C@@H]2C[C@H](F)CN2)c1. The lowest BCUT2D eigenvalue weighted by molar-refractivity contribution is 0.355. The van der Waals surface area contributed by atoms with E-state index >= 15 is 0 Å². The van der Waals surface area contributed by atoms with Crippen LogP contribution in [0.4, 0.5) is 4.39 Å². The van der Waals surface area contributed by atoms with Crippen molar-refractivity contribution >= 4 is 10.0 Å². The Morgan fingerprint density at radius 1 is 1.42 bits per heavy atom. The summed E-state index contributed by atoms with van der Waals surface area (Å²) in [6.45, 7) is 4.14. The largest absolute Gasteiger partial charge is 0.310 e. The van der Waals surface area contributed by atoms with Gasteiger partial charge in [-0.05, 0) is 37.5 Å². The Hall–Kier alpha value is -0.980. The van der Waals surface area contributed by atoms with Crippen molar-refractivity contribution in [2.45, 2.75) is 37.4 Å². The molecule has 0 radical (unpaired) electrons. The first-order chi connectivity index (χ1) is 8.88. The fourth-order valence-corrected chi connectivity index (χ4v) is 3.62. The van der Waals surface area contributed by atoms with Crippen LogP contribution in [0, 0.1) is 13.8 Å². The maximum absolute atomic E-state index is 13.0. The van der Waals surface area contributed by atoms with Crippen LogP contribution in [0.3, 0.4) is 0 Å². The van der Waals surface area contributed by atoms with Gasteiger partial charge >= 0.3 is 0 Å². The molecule has 2 N–H and O–H groups in total. The molecule has 1 heterocycles. The van der Waals surface area contributed by atoms with E-state index in [1.165, 1.54) is 0 Å². The summed E-state index contributed by atoms with van der Waals surface area (Å²) in [6, 6.07) is 5.18. The normalized spacial score (nSPS) is 23.7. The average molecular weight is 286 g/mol. The number of sulfonamides is 1. The van der Waals surface area contributed by atoms with Gasteiger partial charge in [0.25, 0.3) is 0 Å². The smallest absolute Gasteiger partial charge is 0.240 e. The van der Waals surface area contributed by atoms with Gasteiger partial charge in [-0.25, -0.2) is 17.5 Å². The zero-order valence-corrected chi connectivity index (χ0v) is 11.9. The van der Waals surface area contributed by atoms with Crippen LogP contribution >= 0.6 is 0 Å². The number of aryl methyl sites for hydroxylation is 2. The summed E-state index contributed by atoms with van der Waals surface area (Å²) in [5.41, 5.74) is 1.61. The molecule has 0 aliphatic carbocycles. The number of hydrogen-bond donors (Lipinski definition) is 2. The summed E-state index contributed by atoms with van der Waals surface area (Å²) < 4.78 is 40.0. The quantitative estimate of drug-likeness (QED) is 0.876. The molecule has 1 aromatic rings. The zero-order chi connectivity index (χ0) is 14.0. The Kier molecular flexibility index (Phi) is 4.23. The van der Waals surface area contributed by atoms with Crippen molar-refractivity contribution in [3.05, 3.63) is 29.3 Å². The summed E-state index contributed by atoms with van der Waals surface area (Å²) in [6.07, 6.45) is -0.523. The van der Waals surface area contributed by atoms with E-state index in [0.717, 1.165) is 5.56 Å². The van der Waals surface area contributed by atoms with E-state index in [4.69, 9.17) is 0 Å². The first kappa shape index (κ1) is 14.4. The van der Waals surface area contributed by atoms with Gasteiger partial charge in [0.1, 0.15) is 6.17 Å². The number of hydrogen-bond acceptors (Lipinski definition) is 3. The first-order valence-corrected chi connectivity index (χ1v) is 7.81. The lowest BCUT2D eigenvalue weighted by Crippen LogP contribution is -2.37. The molecule has 19 heavy (non-hydrogen) atoms. The molecular weight excluding hydrogens is 267 g/mol. The molecule has 4 nitrogen and oxygen atoms in total. The Labute approximate surface area is 113 Å². The topological polar surface area (TPSA) is 58.2 Å². The Morgan fingerprint density at radius 2 is 2.16 bits per heavy atom. The van der Waals surface area contributed by atoms with Crippen LogP contribution < -0.4 is 10.0 Å². The van der Waals surface area contributed by atoms with Crippen LogP contribution in [0.1, 0.15) is 17.5 Å². The van der Waals surface area contributed by atoms with Crippen molar-refractivity contribution in [2.75, 3.05) is 13.1 Å². The number of benzene rings is 1. The molecule has 1 aromatic carbocycles. The lowest BCUT2D eigenvalue weighted by Gasteiger charge is -2.13. The molecule has 1 aliphatic rings. The Morgan fingerprint density at radius 3 is 2.79 bits per heavy atom. The van der Waals surface area contributed by atoms with Crippen LogP contribution in [0.2, 0.25) is 0 Å². The van der Waals surface area contributed by atoms with Crippen LogP contribution in [-0.2, 0) is 10.0 Å². The van der Waals surface area contributed by atoms with E-state index in [2.05, 4.69) is 10.0 Å². The van der Waals surface area contributed by atoms with Gasteiger partial charge in [-0.3, -0.25) is 0 Å². The van der Waals surface area contributed by atoms with Crippen molar-refractivity contribution in [3.8, 4) is 0 Å². The van der Waals surface area contributed by atoms with Gasteiger partial charge in [0, 0.05) is 19.1 Å². The van der Waals surface area contributed by atoms with Crippen molar-refractivity contribution in [2.24, 2.45) is 0 Å². The summed E-state index contributed by atoms with van der Waals surface area (Å²) in [4.78, 5) is 0.294. The van der Waals surface area contributed by atoms with E-state index in [9.17, 15) is 12.8 Å². The van der Waals surface area contributed by atoms with Crippen LogP contribution in [-0.4, -0.2) is 33.7 Å². The molecule has 0 saturated carbocycles. The molecule has 0 amide bonds. The monoisotopic (exact) mass is 286 g/mol. The minimum absolute atomic E-state index is 0.130. The highest BCUT2D eigenvalue weighted by molar-refractivity contribution is 7.89. The predicted molar refractivity (Wildman–Crippen MR) is 72.4 cm³/mol. The van der Waals surface area contributed by atoms with Crippen LogP contribution in [0.5, 0.6) is 0 Å². The van der Waals surface area contributed by atoms with Crippen molar-refractivity contribution in [1.82, 2.24) is 10.0 Å². The first-order valence-electron chi connectivity index (χ1n) is 6.33. The third-order valence-electron chi connectivity index (χ3n) is 3.32. The molecule has 0 aromatic heterocycles. The Bertz CT molecular complexity index is 560. The highest BCUT2D eigenvalue weighted by Crippen LogP contribution is 2.17. The molecule has 106 valence electrons. The van der Waals surface area contributed by atoms with Gasteiger partial charge < -0.3 is 5.32 Å². The molecule has 6 heteroatoms. The second kappa shape index (κ2) is 5.56. The molecular formula is C13H19FN2O2S. The molecule has 1 fully saturated rings. The highest BCUT2D eigenvalue weighted by atomic mass is 32.2. The maximum atomic E-state index is 13.0. The fourth-order valence-electron chi connectivity index (χ4n) is 2.21. The maximum Gasteiger partial charge on any atom is 0.240 e. The van der Waals surface area contributed by atoms with E-state index in [-0.39, 0.29) is 12.6 Å². The molecule has 0 unspecified atom stereocenters. The third kappa shape index (κ3) is 3.52. The minimum atomic E-state index is -3.53. The fraction of sp³-hybridized carbons (Fsp3) is 0.538. The summed E-state index contributed by atoms with van der Waals surface area (Å²) >= 11 is 0. The number of alkyl halides is 1. The average Bonchev–Trinajstić information content (AvgIpc) is 2.76. The van der Waals surface area contributed by atoms with Crippen molar-refractivity contribution < 1.29 is 12.8 Å². The van der Waals surface area contributed by atoms with E-state index in [1.807, 2.05) is 13.0 Å². The van der Waals surface area contributed by atoms with E-state index < -0.39 is 16.2 Å². The van der Waals surface area contributed by atoms with Gasteiger partial charge in [-0.2, -0.15) is 0 Å². The molecule has 1 aliphatic heterocycles. The highest BCUT2D eigenvalue weighted by Gasteiger charge is 2.25. The predicted octanol–water partition coefficient (Wildman–Crippen LogP) is 1.28. The standard InChI is InChI=1S/C13H19FN2O2S/c1-9-3-4-10(2)13(5-9)19(17,18)16-8-12-6-11(14)7-15-12/h3-5,11-12,15-16H,6-8H2,1-2H3/t11-,12-/m0/s1. The summed E-state index contributed by atoms with van der Waals surface area (Å²) in [5, 5.41) is 2.95. The van der Waals surface area contributed by atoms with Crippen molar-refractivity contribution in [3.63, 3.8) is 0 Å². The summed E-state index contributed by atoms with van der Waals surface area (Å²) in [7, 11) is -3.53. The molecule has 0 spiro atoms. The lowest BCUT2D eigenvalue weighted by atomic mass is 10.2.